The Morgan fingerprint density at radius 2 is 2.19 bits per heavy atom. The molecule has 1 aliphatic rings. The highest BCUT2D eigenvalue weighted by Gasteiger charge is 2.22. The highest BCUT2D eigenvalue weighted by atomic mass is 16.2. The summed E-state index contributed by atoms with van der Waals surface area (Å²) in [5.74, 6) is -0.501. The predicted molar refractivity (Wildman–Crippen MR) is 80.0 cm³/mol. The average Bonchev–Trinajstić information content (AvgIpc) is 2.73. The number of rotatable bonds is 2. The average molecular weight is 284 g/mol. The summed E-state index contributed by atoms with van der Waals surface area (Å²) in [6, 6.07) is 5.72. The normalized spacial score (nSPS) is 18.5. The van der Waals surface area contributed by atoms with Crippen LogP contribution in [0, 0.1) is 12.8 Å². The fraction of sp³-hybridized carbons (Fsp3) is 0.267. The zero-order valence-electron chi connectivity index (χ0n) is 11.9. The van der Waals surface area contributed by atoms with E-state index in [-0.39, 0.29) is 11.8 Å². The van der Waals surface area contributed by atoms with Crippen LogP contribution in [0.25, 0.3) is 10.9 Å². The van der Waals surface area contributed by atoms with E-state index in [1.165, 1.54) is 0 Å². The summed E-state index contributed by atoms with van der Waals surface area (Å²) >= 11 is 0. The maximum Gasteiger partial charge on any atom is 0.251 e. The van der Waals surface area contributed by atoms with Crippen LogP contribution < -0.4 is 11.2 Å². The Hall–Kier alpha value is -2.63. The summed E-state index contributed by atoms with van der Waals surface area (Å²) in [6.45, 7) is 3.78. The van der Waals surface area contributed by atoms with Gasteiger partial charge < -0.3 is 10.7 Å². The lowest BCUT2D eigenvalue weighted by atomic mass is 9.93. The third-order valence-corrected chi connectivity index (χ3v) is 3.79. The number of carbonyl (C=O) groups is 2. The predicted octanol–water partition coefficient (Wildman–Crippen LogP) is 1.44. The number of carbonyl (C=O) groups excluding carboxylic acids is 2. The Morgan fingerprint density at radius 1 is 1.43 bits per heavy atom. The number of nitrogens with zero attached hydrogens (tertiary/aromatic N) is 1. The maximum atomic E-state index is 11.6. The van der Waals surface area contributed by atoms with Crippen LogP contribution in [0.2, 0.25) is 0 Å². The molecule has 0 saturated carbocycles. The molecule has 6 nitrogen and oxygen atoms in total. The van der Waals surface area contributed by atoms with Crippen molar-refractivity contribution in [3.63, 3.8) is 0 Å². The highest BCUT2D eigenvalue weighted by Crippen LogP contribution is 2.25. The van der Waals surface area contributed by atoms with Crippen LogP contribution in [-0.2, 0) is 4.79 Å². The van der Waals surface area contributed by atoms with Crippen molar-refractivity contribution >= 4 is 28.4 Å². The van der Waals surface area contributed by atoms with Crippen LogP contribution in [0.3, 0.4) is 0 Å². The van der Waals surface area contributed by atoms with Crippen LogP contribution in [-0.4, -0.2) is 22.5 Å². The van der Waals surface area contributed by atoms with Crippen molar-refractivity contribution in [2.75, 3.05) is 0 Å². The van der Waals surface area contributed by atoms with Crippen molar-refractivity contribution in [1.82, 2.24) is 10.4 Å². The Bertz CT molecular complexity index is 788. The van der Waals surface area contributed by atoms with Gasteiger partial charge in [-0.1, -0.05) is 13.0 Å². The molecule has 0 fully saturated rings. The first-order chi connectivity index (χ1) is 9.97. The van der Waals surface area contributed by atoms with Gasteiger partial charge in [-0.15, -0.1) is 0 Å². The molecule has 1 aliphatic heterocycles. The molecule has 1 unspecified atom stereocenters. The van der Waals surface area contributed by atoms with Gasteiger partial charge in [0.05, 0.1) is 11.3 Å². The maximum absolute atomic E-state index is 11.6. The number of amides is 2. The Morgan fingerprint density at radius 3 is 2.86 bits per heavy atom. The zero-order chi connectivity index (χ0) is 15.1. The van der Waals surface area contributed by atoms with E-state index in [1.54, 1.807) is 0 Å². The minimum absolute atomic E-state index is 0.0354. The van der Waals surface area contributed by atoms with Crippen LogP contribution in [0.15, 0.2) is 23.3 Å². The molecule has 1 aromatic heterocycles. The molecule has 0 aliphatic carbocycles. The number of hydrogen-bond donors (Lipinski definition) is 3. The molecule has 0 bridgehead atoms. The molecule has 3 rings (SSSR count). The lowest BCUT2D eigenvalue weighted by Gasteiger charge is -2.19. The summed E-state index contributed by atoms with van der Waals surface area (Å²) < 4.78 is 0. The number of fused-ring (bicyclic) bond motifs is 1. The van der Waals surface area contributed by atoms with Gasteiger partial charge in [0.15, 0.2) is 0 Å². The highest BCUT2D eigenvalue weighted by molar-refractivity contribution is 6.11. The minimum Gasteiger partial charge on any atom is -0.366 e. The molecule has 108 valence electrons. The van der Waals surface area contributed by atoms with Gasteiger partial charge in [-0.25, -0.2) is 5.43 Å². The van der Waals surface area contributed by atoms with E-state index in [2.05, 4.69) is 15.5 Å². The SMILES string of the molecule is Cc1[nH]c2ccc(C3=NNC(=O)CC3C)cc2c1C(N)=O. The van der Waals surface area contributed by atoms with Crippen molar-refractivity contribution in [2.24, 2.45) is 16.8 Å². The monoisotopic (exact) mass is 284 g/mol. The number of aromatic amines is 1. The van der Waals surface area contributed by atoms with E-state index >= 15 is 0 Å². The molecule has 21 heavy (non-hydrogen) atoms. The quantitative estimate of drug-likeness (QED) is 0.777. The Labute approximate surface area is 121 Å². The summed E-state index contributed by atoms with van der Waals surface area (Å²) in [5, 5.41) is 4.92. The summed E-state index contributed by atoms with van der Waals surface area (Å²) in [7, 11) is 0. The van der Waals surface area contributed by atoms with Crippen molar-refractivity contribution in [3.8, 4) is 0 Å². The van der Waals surface area contributed by atoms with Crippen molar-refractivity contribution < 1.29 is 9.59 Å². The zero-order valence-corrected chi connectivity index (χ0v) is 11.9. The Kier molecular flexibility index (Phi) is 3.01. The van der Waals surface area contributed by atoms with Gasteiger partial charge in [-0.2, -0.15) is 5.10 Å². The second-order valence-electron chi connectivity index (χ2n) is 5.39. The second kappa shape index (κ2) is 4.73. The summed E-state index contributed by atoms with van der Waals surface area (Å²) in [6.07, 6.45) is 0.408. The van der Waals surface area contributed by atoms with E-state index in [0.717, 1.165) is 27.9 Å². The Balaban J connectivity index is 2.15. The van der Waals surface area contributed by atoms with Crippen LogP contribution in [0.1, 0.15) is 35.0 Å². The number of H-pyrrole nitrogens is 1. The molecular weight excluding hydrogens is 268 g/mol. The van der Waals surface area contributed by atoms with Gasteiger partial charge in [0.1, 0.15) is 0 Å². The van der Waals surface area contributed by atoms with E-state index in [1.807, 2.05) is 32.0 Å². The smallest absolute Gasteiger partial charge is 0.251 e. The lowest BCUT2D eigenvalue weighted by molar-refractivity contribution is -0.121. The molecule has 2 heterocycles. The van der Waals surface area contributed by atoms with Crippen molar-refractivity contribution in [3.05, 3.63) is 35.0 Å². The summed E-state index contributed by atoms with van der Waals surface area (Å²) in [5.41, 5.74) is 11.8. The van der Waals surface area contributed by atoms with Gasteiger partial charge in [0, 0.05) is 28.9 Å². The van der Waals surface area contributed by atoms with Gasteiger partial charge >= 0.3 is 0 Å². The van der Waals surface area contributed by atoms with Gasteiger partial charge in [0.2, 0.25) is 5.91 Å². The molecule has 0 saturated heterocycles. The number of hydrogen-bond acceptors (Lipinski definition) is 3. The van der Waals surface area contributed by atoms with E-state index in [9.17, 15) is 9.59 Å². The first-order valence-corrected chi connectivity index (χ1v) is 6.76. The van der Waals surface area contributed by atoms with Gasteiger partial charge in [-0.3, -0.25) is 9.59 Å². The van der Waals surface area contributed by atoms with Crippen LogP contribution in [0.5, 0.6) is 0 Å². The molecule has 0 radical (unpaired) electrons. The number of nitrogens with one attached hydrogen (secondary N) is 2. The second-order valence-corrected chi connectivity index (χ2v) is 5.39. The van der Waals surface area contributed by atoms with Crippen LogP contribution >= 0.6 is 0 Å². The molecule has 4 N–H and O–H groups in total. The molecule has 1 aromatic carbocycles. The van der Waals surface area contributed by atoms with E-state index in [0.29, 0.717) is 12.0 Å². The first kappa shape index (κ1) is 13.4. The van der Waals surface area contributed by atoms with Gasteiger partial charge in [0.25, 0.3) is 5.91 Å². The number of benzene rings is 1. The number of nitrogens with two attached hydrogens (primary N) is 1. The fourth-order valence-electron chi connectivity index (χ4n) is 2.81. The first-order valence-electron chi connectivity index (χ1n) is 6.76. The molecule has 1 atom stereocenters. The third kappa shape index (κ3) is 2.18. The lowest BCUT2D eigenvalue weighted by Crippen LogP contribution is -2.31. The molecule has 2 aromatic rings. The number of hydrazone groups is 1. The molecule has 2 amide bonds. The molecular formula is C15H16N4O2. The standard InChI is InChI=1S/C15H16N4O2/c1-7-5-12(20)18-19-14(7)9-3-4-11-10(6-9)13(15(16)21)8(2)17-11/h3-4,6-7,17H,5H2,1-2H3,(H2,16,21)(H,18,20). The van der Waals surface area contributed by atoms with E-state index < -0.39 is 5.91 Å². The number of aryl methyl sites for hydroxylation is 1. The van der Waals surface area contributed by atoms with Gasteiger partial charge in [-0.05, 0) is 24.6 Å². The van der Waals surface area contributed by atoms with Crippen LogP contribution in [0.4, 0.5) is 0 Å². The van der Waals surface area contributed by atoms with Crippen molar-refractivity contribution in [1.29, 1.82) is 0 Å². The number of primary amides is 1. The fourth-order valence-corrected chi connectivity index (χ4v) is 2.81. The van der Waals surface area contributed by atoms with Crippen molar-refractivity contribution in [2.45, 2.75) is 20.3 Å². The molecule has 6 heteroatoms. The largest absolute Gasteiger partial charge is 0.366 e. The van der Waals surface area contributed by atoms with E-state index in [4.69, 9.17) is 5.73 Å². The topological polar surface area (TPSA) is 100 Å². The summed E-state index contributed by atoms with van der Waals surface area (Å²) in [4.78, 5) is 26.1. The minimum atomic E-state index is -0.456. The molecule has 0 spiro atoms. The number of aromatic nitrogens is 1. The third-order valence-electron chi connectivity index (χ3n) is 3.79.